The van der Waals surface area contributed by atoms with E-state index >= 15 is 0 Å². The predicted octanol–water partition coefficient (Wildman–Crippen LogP) is 2.58. The Hall–Kier alpha value is -1.81. The first-order valence-electron chi connectivity index (χ1n) is 8.11. The molecule has 2 aromatic rings. The molecule has 0 radical (unpaired) electrons. The molecule has 4 heteroatoms. The quantitative estimate of drug-likeness (QED) is 0.911. The molecule has 1 aliphatic carbocycles. The number of nitrogens with zero attached hydrogens (tertiary/aromatic N) is 1. The number of amides is 1. The Balaban J connectivity index is 1.83. The number of hydrogen-bond donors (Lipinski definition) is 2. The number of aryl methyl sites for hydroxylation is 1. The van der Waals surface area contributed by atoms with E-state index in [9.17, 15) is 4.79 Å². The monoisotopic (exact) mass is 299 g/mol. The topological polar surface area (TPSA) is 48.1 Å². The average molecular weight is 299 g/mol. The van der Waals surface area contributed by atoms with Gasteiger partial charge in [0.2, 0.25) is 0 Å². The fourth-order valence-corrected chi connectivity index (χ4v) is 3.23. The molecule has 1 aromatic carbocycles. The minimum Gasteiger partial charge on any atom is -0.358 e. The van der Waals surface area contributed by atoms with Crippen LogP contribution in [0.3, 0.4) is 0 Å². The van der Waals surface area contributed by atoms with E-state index in [0.29, 0.717) is 6.54 Å². The van der Waals surface area contributed by atoms with Crippen molar-refractivity contribution in [2.45, 2.75) is 26.2 Å². The van der Waals surface area contributed by atoms with Crippen molar-refractivity contribution in [1.82, 2.24) is 15.2 Å². The van der Waals surface area contributed by atoms with E-state index in [2.05, 4.69) is 22.1 Å². The molecule has 0 fully saturated rings. The zero-order valence-corrected chi connectivity index (χ0v) is 13.7. The summed E-state index contributed by atoms with van der Waals surface area (Å²) in [5.74, 6) is 0.742. The first-order valence-corrected chi connectivity index (χ1v) is 8.11. The Labute approximate surface area is 131 Å². The van der Waals surface area contributed by atoms with Crippen molar-refractivity contribution < 1.29 is 4.79 Å². The van der Waals surface area contributed by atoms with E-state index in [0.717, 1.165) is 36.4 Å². The fraction of sp³-hybridized carbons (Fsp3) is 0.500. The molecule has 2 N–H and O–H groups in total. The van der Waals surface area contributed by atoms with Crippen LogP contribution in [0.4, 0.5) is 0 Å². The van der Waals surface area contributed by atoms with E-state index < -0.39 is 0 Å². The van der Waals surface area contributed by atoms with E-state index in [-0.39, 0.29) is 5.91 Å². The molecule has 1 aliphatic rings. The van der Waals surface area contributed by atoms with Gasteiger partial charge in [-0.1, -0.05) is 6.92 Å². The number of benzene rings is 1. The van der Waals surface area contributed by atoms with Crippen LogP contribution in [-0.2, 0) is 12.8 Å². The van der Waals surface area contributed by atoms with Crippen LogP contribution in [0.1, 0.15) is 35.0 Å². The number of aromatic nitrogens is 1. The molecule has 0 aliphatic heterocycles. The Kier molecular flexibility index (Phi) is 4.21. The largest absolute Gasteiger partial charge is 0.358 e. The molecule has 1 atom stereocenters. The number of rotatable bonds is 4. The summed E-state index contributed by atoms with van der Waals surface area (Å²) in [4.78, 5) is 17.9. The fourth-order valence-electron chi connectivity index (χ4n) is 3.23. The van der Waals surface area contributed by atoms with Crippen molar-refractivity contribution in [2.75, 3.05) is 27.2 Å². The van der Waals surface area contributed by atoms with Gasteiger partial charge in [-0.15, -0.1) is 0 Å². The predicted molar refractivity (Wildman–Crippen MR) is 90.4 cm³/mol. The maximum atomic E-state index is 12.3. The van der Waals surface area contributed by atoms with Crippen LogP contribution in [0, 0.1) is 5.92 Å². The lowest BCUT2D eigenvalue weighted by Gasteiger charge is -2.18. The molecule has 0 bridgehead atoms. The summed E-state index contributed by atoms with van der Waals surface area (Å²) in [6, 6.07) is 6.01. The summed E-state index contributed by atoms with van der Waals surface area (Å²) >= 11 is 0. The lowest BCUT2D eigenvalue weighted by Crippen LogP contribution is -2.31. The van der Waals surface area contributed by atoms with Crippen LogP contribution < -0.4 is 5.32 Å². The summed E-state index contributed by atoms with van der Waals surface area (Å²) in [5.41, 5.74) is 4.69. The van der Waals surface area contributed by atoms with Crippen LogP contribution in [-0.4, -0.2) is 43.0 Å². The molecular weight excluding hydrogens is 274 g/mol. The molecule has 0 spiro atoms. The van der Waals surface area contributed by atoms with Gasteiger partial charge in [0.25, 0.3) is 5.91 Å². The van der Waals surface area contributed by atoms with Crippen LogP contribution in [0.2, 0.25) is 0 Å². The van der Waals surface area contributed by atoms with Gasteiger partial charge in [-0.3, -0.25) is 4.79 Å². The standard InChI is InChI=1S/C18H25N3O/c1-12-4-6-16-14(10-12)15-11-13(5-7-17(15)20-16)18(22)19-8-9-21(2)3/h5,7,11-12,20H,4,6,8-10H2,1-3H3,(H,19,22). The molecule has 1 heterocycles. The van der Waals surface area contributed by atoms with Gasteiger partial charge >= 0.3 is 0 Å². The van der Waals surface area contributed by atoms with Crippen molar-refractivity contribution in [1.29, 1.82) is 0 Å². The van der Waals surface area contributed by atoms with Crippen LogP contribution in [0.5, 0.6) is 0 Å². The minimum absolute atomic E-state index is 0.0163. The number of H-pyrrole nitrogens is 1. The highest BCUT2D eigenvalue weighted by Gasteiger charge is 2.20. The van der Waals surface area contributed by atoms with Gasteiger partial charge in [0.05, 0.1) is 0 Å². The minimum atomic E-state index is 0.0163. The summed E-state index contributed by atoms with van der Waals surface area (Å²) in [6.07, 6.45) is 3.48. The number of nitrogens with one attached hydrogen (secondary N) is 2. The zero-order valence-electron chi connectivity index (χ0n) is 13.7. The molecule has 1 unspecified atom stereocenters. The second-order valence-electron chi connectivity index (χ2n) is 6.75. The van der Waals surface area contributed by atoms with Gasteiger partial charge in [-0.25, -0.2) is 0 Å². The van der Waals surface area contributed by atoms with Crippen molar-refractivity contribution in [3.05, 3.63) is 35.0 Å². The Morgan fingerprint density at radius 1 is 1.41 bits per heavy atom. The van der Waals surface area contributed by atoms with Gasteiger partial charge in [0.1, 0.15) is 0 Å². The van der Waals surface area contributed by atoms with E-state index in [1.54, 1.807) is 0 Å². The molecule has 4 nitrogen and oxygen atoms in total. The van der Waals surface area contributed by atoms with Crippen molar-refractivity contribution >= 4 is 16.8 Å². The second-order valence-corrected chi connectivity index (χ2v) is 6.75. The lowest BCUT2D eigenvalue weighted by atomic mass is 9.87. The molecule has 3 rings (SSSR count). The Morgan fingerprint density at radius 2 is 2.23 bits per heavy atom. The van der Waals surface area contributed by atoms with Gasteiger partial charge in [-0.05, 0) is 63.0 Å². The number of aromatic amines is 1. The maximum absolute atomic E-state index is 12.3. The van der Waals surface area contributed by atoms with Crippen LogP contribution in [0.15, 0.2) is 18.2 Å². The molecule has 118 valence electrons. The third-order valence-corrected chi connectivity index (χ3v) is 4.54. The SMILES string of the molecule is CC1CCc2[nH]c3ccc(C(=O)NCCN(C)C)cc3c2C1. The summed E-state index contributed by atoms with van der Waals surface area (Å²) in [5, 5.41) is 4.21. The number of hydrogen-bond acceptors (Lipinski definition) is 2. The highest BCUT2D eigenvalue weighted by Crippen LogP contribution is 2.32. The highest BCUT2D eigenvalue weighted by molar-refractivity contribution is 5.99. The highest BCUT2D eigenvalue weighted by atomic mass is 16.1. The molecule has 0 saturated heterocycles. The Bertz CT molecular complexity index is 687. The zero-order chi connectivity index (χ0) is 15.7. The summed E-state index contributed by atoms with van der Waals surface area (Å²) in [7, 11) is 4.01. The lowest BCUT2D eigenvalue weighted by molar-refractivity contribution is 0.0951. The average Bonchev–Trinajstić information content (AvgIpc) is 2.84. The van der Waals surface area contributed by atoms with Gasteiger partial charge < -0.3 is 15.2 Å². The van der Waals surface area contributed by atoms with Crippen LogP contribution >= 0.6 is 0 Å². The first-order chi connectivity index (χ1) is 10.5. The van der Waals surface area contributed by atoms with Crippen molar-refractivity contribution in [2.24, 2.45) is 5.92 Å². The number of carbonyl (C=O) groups excluding carboxylic acids is 1. The smallest absolute Gasteiger partial charge is 0.251 e. The second kappa shape index (κ2) is 6.13. The molecule has 1 amide bonds. The summed E-state index contributed by atoms with van der Waals surface area (Å²) < 4.78 is 0. The summed E-state index contributed by atoms with van der Waals surface area (Å²) in [6.45, 7) is 3.83. The normalized spacial score (nSPS) is 17.7. The van der Waals surface area contributed by atoms with Crippen molar-refractivity contribution in [3.63, 3.8) is 0 Å². The number of likely N-dealkylation sites (N-methyl/N-ethyl adjacent to an activating group) is 1. The molecule has 0 saturated carbocycles. The van der Waals surface area contributed by atoms with Gasteiger partial charge in [-0.2, -0.15) is 0 Å². The first kappa shape index (κ1) is 15.1. The third-order valence-electron chi connectivity index (χ3n) is 4.54. The number of carbonyl (C=O) groups is 1. The maximum Gasteiger partial charge on any atom is 0.251 e. The molecular formula is C18H25N3O. The van der Waals surface area contributed by atoms with E-state index in [1.807, 2.05) is 32.3 Å². The molecule has 22 heavy (non-hydrogen) atoms. The van der Waals surface area contributed by atoms with Gasteiger partial charge in [0.15, 0.2) is 0 Å². The van der Waals surface area contributed by atoms with E-state index in [4.69, 9.17) is 0 Å². The van der Waals surface area contributed by atoms with E-state index in [1.165, 1.54) is 23.1 Å². The van der Waals surface area contributed by atoms with Crippen LogP contribution in [0.25, 0.3) is 10.9 Å². The van der Waals surface area contributed by atoms with Gasteiger partial charge in [0, 0.05) is 35.2 Å². The Morgan fingerprint density at radius 3 is 3.00 bits per heavy atom. The number of fused-ring (bicyclic) bond motifs is 3. The molecule has 1 aromatic heterocycles. The third kappa shape index (κ3) is 3.02. The van der Waals surface area contributed by atoms with Crippen molar-refractivity contribution in [3.8, 4) is 0 Å².